The van der Waals surface area contributed by atoms with E-state index in [0.29, 0.717) is 12.8 Å². The quantitative estimate of drug-likeness (QED) is 0.422. The standard InChI is InChI=1S/C5H8F/c1-5(6)3-2-4-5/h2H,3-4H2,1H3. The highest BCUT2D eigenvalue weighted by molar-refractivity contribution is 4.96. The van der Waals surface area contributed by atoms with Gasteiger partial charge in [0.25, 0.3) is 0 Å². The van der Waals surface area contributed by atoms with Crippen LogP contribution in [0.3, 0.4) is 0 Å². The summed E-state index contributed by atoms with van der Waals surface area (Å²) in [5.74, 6) is 0. The summed E-state index contributed by atoms with van der Waals surface area (Å²) in [5.41, 5.74) is -0.833. The van der Waals surface area contributed by atoms with E-state index in [9.17, 15) is 4.39 Å². The Balaban J connectivity index is 2.31. The van der Waals surface area contributed by atoms with Crippen LogP contribution in [0.1, 0.15) is 19.8 Å². The third-order valence-electron chi connectivity index (χ3n) is 1.14. The summed E-state index contributed by atoms with van der Waals surface area (Å²) in [6.45, 7) is 1.63. The Labute approximate surface area is 37.4 Å². The molecule has 1 fully saturated rings. The predicted octanol–water partition coefficient (Wildman–Crippen LogP) is 1.71. The molecule has 1 heteroatoms. The average Bonchev–Trinajstić information content (AvgIpc) is 1.32. The average molecular weight is 87.1 g/mol. The Morgan fingerprint density at radius 2 is 2.00 bits per heavy atom. The molecule has 0 bridgehead atoms. The molecular weight excluding hydrogens is 79.1 g/mol. The van der Waals surface area contributed by atoms with Crippen molar-refractivity contribution in [3.8, 4) is 0 Å². The number of hydrogen-bond donors (Lipinski definition) is 0. The first-order valence-electron chi connectivity index (χ1n) is 2.21. The minimum absolute atomic E-state index is 0.660. The van der Waals surface area contributed by atoms with Crippen LogP contribution in [0.15, 0.2) is 0 Å². The van der Waals surface area contributed by atoms with E-state index in [1.54, 1.807) is 6.92 Å². The van der Waals surface area contributed by atoms with Crippen LogP contribution in [0.25, 0.3) is 0 Å². The van der Waals surface area contributed by atoms with Gasteiger partial charge in [0.2, 0.25) is 0 Å². The maximum Gasteiger partial charge on any atom is 0.108 e. The maximum atomic E-state index is 12.2. The number of halogens is 1. The van der Waals surface area contributed by atoms with Crippen molar-refractivity contribution < 1.29 is 4.39 Å². The number of alkyl halides is 1. The van der Waals surface area contributed by atoms with Crippen molar-refractivity contribution in [1.82, 2.24) is 0 Å². The molecule has 1 aliphatic rings. The van der Waals surface area contributed by atoms with Gasteiger partial charge in [-0.2, -0.15) is 0 Å². The van der Waals surface area contributed by atoms with Gasteiger partial charge in [-0.25, -0.2) is 4.39 Å². The molecule has 0 atom stereocenters. The molecule has 0 amide bonds. The van der Waals surface area contributed by atoms with E-state index in [-0.39, 0.29) is 0 Å². The molecule has 35 valence electrons. The van der Waals surface area contributed by atoms with Crippen molar-refractivity contribution in [2.75, 3.05) is 0 Å². The topological polar surface area (TPSA) is 0 Å². The Hall–Kier alpha value is -0.0700. The monoisotopic (exact) mass is 87.1 g/mol. The van der Waals surface area contributed by atoms with Gasteiger partial charge in [0.05, 0.1) is 0 Å². The molecule has 0 aliphatic heterocycles. The molecule has 0 aromatic carbocycles. The zero-order chi connectivity index (χ0) is 4.62. The van der Waals surface area contributed by atoms with E-state index in [1.807, 2.05) is 6.42 Å². The zero-order valence-corrected chi connectivity index (χ0v) is 3.87. The van der Waals surface area contributed by atoms with Crippen molar-refractivity contribution >= 4 is 0 Å². The van der Waals surface area contributed by atoms with Gasteiger partial charge in [0, 0.05) is 0 Å². The van der Waals surface area contributed by atoms with Crippen molar-refractivity contribution in [3.05, 3.63) is 6.42 Å². The molecule has 0 N–H and O–H groups in total. The number of hydrogen-bond acceptors (Lipinski definition) is 0. The Morgan fingerprint density at radius 3 is 2.00 bits per heavy atom. The summed E-state index contributed by atoms with van der Waals surface area (Å²) >= 11 is 0. The fraction of sp³-hybridized carbons (Fsp3) is 0.800. The minimum Gasteiger partial charge on any atom is -0.244 e. The molecule has 0 heterocycles. The highest BCUT2D eigenvalue weighted by Crippen LogP contribution is 2.33. The minimum atomic E-state index is -0.833. The molecule has 1 aliphatic carbocycles. The Morgan fingerprint density at radius 1 is 1.67 bits per heavy atom. The van der Waals surface area contributed by atoms with Crippen molar-refractivity contribution in [2.24, 2.45) is 0 Å². The molecular formula is C5H8F. The smallest absolute Gasteiger partial charge is 0.108 e. The van der Waals surface area contributed by atoms with Crippen LogP contribution in [-0.2, 0) is 0 Å². The fourth-order valence-corrected chi connectivity index (χ4v) is 0.542. The summed E-state index contributed by atoms with van der Waals surface area (Å²) < 4.78 is 12.2. The first-order chi connectivity index (χ1) is 2.71. The molecule has 6 heavy (non-hydrogen) atoms. The van der Waals surface area contributed by atoms with Gasteiger partial charge in [-0.1, -0.05) is 0 Å². The molecule has 1 radical (unpaired) electrons. The first kappa shape index (κ1) is 4.10. The Kier molecular flexibility index (Phi) is 0.652. The van der Waals surface area contributed by atoms with E-state index in [2.05, 4.69) is 0 Å². The third-order valence-corrected chi connectivity index (χ3v) is 1.14. The summed E-state index contributed by atoms with van der Waals surface area (Å²) in [6, 6.07) is 0. The summed E-state index contributed by atoms with van der Waals surface area (Å²) in [5, 5.41) is 0. The summed E-state index contributed by atoms with van der Waals surface area (Å²) in [4.78, 5) is 0. The zero-order valence-electron chi connectivity index (χ0n) is 3.87. The third kappa shape index (κ3) is 0.537. The van der Waals surface area contributed by atoms with Crippen molar-refractivity contribution in [2.45, 2.75) is 25.4 Å². The molecule has 0 spiro atoms. The van der Waals surface area contributed by atoms with Crippen molar-refractivity contribution in [1.29, 1.82) is 0 Å². The van der Waals surface area contributed by atoms with E-state index < -0.39 is 5.67 Å². The van der Waals surface area contributed by atoms with Gasteiger partial charge >= 0.3 is 0 Å². The predicted molar refractivity (Wildman–Crippen MR) is 23.0 cm³/mol. The maximum absolute atomic E-state index is 12.2. The second-order valence-electron chi connectivity index (χ2n) is 2.11. The molecule has 0 nitrogen and oxygen atoms in total. The highest BCUT2D eigenvalue weighted by atomic mass is 19.1. The molecule has 1 rings (SSSR count). The van der Waals surface area contributed by atoms with Crippen LogP contribution in [0.5, 0.6) is 0 Å². The lowest BCUT2D eigenvalue weighted by Crippen LogP contribution is -2.27. The SMILES string of the molecule is CC1(F)C[CH]C1. The highest BCUT2D eigenvalue weighted by Gasteiger charge is 2.30. The lowest BCUT2D eigenvalue weighted by Gasteiger charge is -2.28. The molecule has 0 saturated heterocycles. The molecule has 0 aromatic heterocycles. The summed E-state index contributed by atoms with van der Waals surface area (Å²) in [6.07, 6.45) is 3.28. The van der Waals surface area contributed by atoms with E-state index >= 15 is 0 Å². The van der Waals surface area contributed by atoms with Crippen LogP contribution >= 0.6 is 0 Å². The second-order valence-corrected chi connectivity index (χ2v) is 2.11. The number of rotatable bonds is 0. The van der Waals surface area contributed by atoms with E-state index in [1.165, 1.54) is 0 Å². The fourth-order valence-electron chi connectivity index (χ4n) is 0.542. The van der Waals surface area contributed by atoms with Crippen LogP contribution in [0.2, 0.25) is 0 Å². The van der Waals surface area contributed by atoms with Crippen LogP contribution in [0, 0.1) is 6.42 Å². The van der Waals surface area contributed by atoms with Gasteiger partial charge in [0.1, 0.15) is 5.67 Å². The van der Waals surface area contributed by atoms with Gasteiger partial charge in [-0.15, -0.1) is 0 Å². The van der Waals surface area contributed by atoms with Gasteiger partial charge < -0.3 is 0 Å². The van der Waals surface area contributed by atoms with Gasteiger partial charge in [-0.05, 0) is 26.2 Å². The van der Waals surface area contributed by atoms with Crippen LogP contribution < -0.4 is 0 Å². The van der Waals surface area contributed by atoms with Crippen molar-refractivity contribution in [3.63, 3.8) is 0 Å². The Bertz CT molecular complexity index is 51.0. The first-order valence-corrected chi connectivity index (χ1v) is 2.21. The van der Waals surface area contributed by atoms with E-state index in [0.717, 1.165) is 0 Å². The lowest BCUT2D eigenvalue weighted by atomic mass is 9.84. The van der Waals surface area contributed by atoms with Gasteiger partial charge in [0.15, 0.2) is 0 Å². The lowest BCUT2D eigenvalue weighted by molar-refractivity contribution is 0.132. The van der Waals surface area contributed by atoms with Crippen LogP contribution in [-0.4, -0.2) is 5.67 Å². The van der Waals surface area contributed by atoms with Crippen LogP contribution in [0.4, 0.5) is 4.39 Å². The molecule has 0 unspecified atom stereocenters. The largest absolute Gasteiger partial charge is 0.244 e. The molecule has 0 aromatic rings. The second kappa shape index (κ2) is 0.955. The summed E-state index contributed by atoms with van der Waals surface area (Å²) in [7, 11) is 0. The van der Waals surface area contributed by atoms with Gasteiger partial charge in [-0.3, -0.25) is 0 Å². The molecule has 1 saturated carbocycles. The normalized spacial score (nSPS) is 29.0. The van der Waals surface area contributed by atoms with E-state index in [4.69, 9.17) is 0 Å².